The van der Waals surface area contributed by atoms with Gasteiger partial charge in [0.2, 0.25) is 0 Å². The van der Waals surface area contributed by atoms with Crippen molar-refractivity contribution in [2.75, 3.05) is 0 Å². The summed E-state index contributed by atoms with van der Waals surface area (Å²) in [5, 5.41) is 2.81. The minimum Gasteiger partial charge on any atom is -0.345 e. The maximum Gasteiger partial charge on any atom is 0.253 e. The molecule has 0 spiro atoms. The van der Waals surface area contributed by atoms with Gasteiger partial charge in [-0.2, -0.15) is 0 Å². The predicted molar refractivity (Wildman–Crippen MR) is 79.3 cm³/mol. The van der Waals surface area contributed by atoms with Gasteiger partial charge in [0.05, 0.1) is 20.4 Å². The van der Waals surface area contributed by atoms with E-state index in [1.165, 1.54) is 23.5 Å². The number of amides is 1. The predicted octanol–water partition coefficient (Wildman–Crippen LogP) is 4.79. The molecular weight excluding hydrogens is 353 g/mol. The summed E-state index contributed by atoms with van der Waals surface area (Å²) in [6, 6.07) is 7.82. The molecule has 1 N–H and O–H groups in total. The highest BCUT2D eigenvalue weighted by Gasteiger charge is 2.16. The number of benzene rings is 1. The second-order valence-electron chi connectivity index (χ2n) is 3.94. The Morgan fingerprint density at radius 2 is 2.16 bits per heavy atom. The summed E-state index contributed by atoms with van der Waals surface area (Å²) in [7, 11) is 0. The van der Waals surface area contributed by atoms with Crippen LogP contribution in [0, 0.1) is 5.82 Å². The number of hydrogen-bond acceptors (Lipinski definition) is 2. The van der Waals surface area contributed by atoms with Crippen LogP contribution in [-0.4, -0.2) is 5.91 Å². The molecule has 0 aliphatic heterocycles. The highest BCUT2D eigenvalue weighted by atomic mass is 79.9. The van der Waals surface area contributed by atoms with Gasteiger partial charge in [-0.25, -0.2) is 4.39 Å². The first-order valence-electron chi connectivity index (χ1n) is 5.49. The molecule has 100 valence electrons. The van der Waals surface area contributed by atoms with Crippen LogP contribution in [0.2, 0.25) is 4.34 Å². The van der Waals surface area contributed by atoms with E-state index in [2.05, 4.69) is 21.2 Å². The van der Waals surface area contributed by atoms with E-state index in [-0.39, 0.29) is 22.0 Å². The Labute approximate surface area is 127 Å². The first-order chi connectivity index (χ1) is 8.99. The van der Waals surface area contributed by atoms with Gasteiger partial charge in [-0.15, -0.1) is 11.3 Å². The first kappa shape index (κ1) is 14.5. The second kappa shape index (κ2) is 6.03. The quantitative estimate of drug-likeness (QED) is 0.835. The largest absolute Gasteiger partial charge is 0.345 e. The smallest absolute Gasteiger partial charge is 0.253 e. The van der Waals surface area contributed by atoms with E-state index < -0.39 is 5.82 Å². The van der Waals surface area contributed by atoms with Crippen molar-refractivity contribution in [3.63, 3.8) is 0 Å². The van der Waals surface area contributed by atoms with E-state index in [9.17, 15) is 9.18 Å². The van der Waals surface area contributed by atoms with Crippen LogP contribution in [0.1, 0.15) is 28.2 Å². The van der Waals surface area contributed by atoms with Crippen molar-refractivity contribution in [1.82, 2.24) is 5.32 Å². The highest BCUT2D eigenvalue weighted by Crippen LogP contribution is 2.27. The lowest BCUT2D eigenvalue weighted by Gasteiger charge is -2.13. The lowest BCUT2D eigenvalue weighted by atomic mass is 10.2. The van der Waals surface area contributed by atoms with Crippen molar-refractivity contribution < 1.29 is 9.18 Å². The topological polar surface area (TPSA) is 29.1 Å². The van der Waals surface area contributed by atoms with Crippen LogP contribution in [-0.2, 0) is 0 Å². The Morgan fingerprint density at radius 1 is 1.42 bits per heavy atom. The maximum absolute atomic E-state index is 13.4. The SMILES string of the molecule is CC(NC(=O)c1cccc(F)c1Br)c1ccc(Cl)s1. The number of thiophene rings is 1. The fourth-order valence-electron chi connectivity index (χ4n) is 1.59. The molecule has 1 unspecified atom stereocenters. The van der Waals surface area contributed by atoms with Crippen molar-refractivity contribution in [3.8, 4) is 0 Å². The van der Waals surface area contributed by atoms with E-state index in [0.29, 0.717) is 4.34 Å². The second-order valence-corrected chi connectivity index (χ2v) is 6.48. The summed E-state index contributed by atoms with van der Waals surface area (Å²) >= 11 is 10.3. The van der Waals surface area contributed by atoms with Crippen molar-refractivity contribution in [1.29, 1.82) is 0 Å². The normalized spacial score (nSPS) is 12.2. The Kier molecular flexibility index (Phi) is 4.60. The third kappa shape index (κ3) is 3.35. The number of carbonyl (C=O) groups excluding carboxylic acids is 1. The van der Waals surface area contributed by atoms with Crippen LogP contribution in [0.4, 0.5) is 4.39 Å². The number of halogens is 3. The highest BCUT2D eigenvalue weighted by molar-refractivity contribution is 9.10. The van der Waals surface area contributed by atoms with Crippen LogP contribution in [0.25, 0.3) is 0 Å². The molecule has 0 aliphatic carbocycles. The van der Waals surface area contributed by atoms with Crippen LogP contribution < -0.4 is 5.32 Å². The van der Waals surface area contributed by atoms with Gasteiger partial charge in [-0.3, -0.25) is 4.79 Å². The number of nitrogens with one attached hydrogen (secondary N) is 1. The van der Waals surface area contributed by atoms with Gasteiger partial charge in [-0.1, -0.05) is 17.7 Å². The molecular formula is C13H10BrClFNOS. The average molecular weight is 363 g/mol. The van der Waals surface area contributed by atoms with Gasteiger partial charge in [0.15, 0.2) is 0 Å². The van der Waals surface area contributed by atoms with E-state index in [0.717, 1.165) is 4.88 Å². The number of carbonyl (C=O) groups is 1. The summed E-state index contributed by atoms with van der Waals surface area (Å²) in [4.78, 5) is 13.0. The summed E-state index contributed by atoms with van der Waals surface area (Å²) < 4.78 is 14.2. The third-order valence-electron chi connectivity index (χ3n) is 2.56. The lowest BCUT2D eigenvalue weighted by Crippen LogP contribution is -2.26. The average Bonchev–Trinajstić information content (AvgIpc) is 2.79. The zero-order chi connectivity index (χ0) is 14.0. The molecule has 2 nitrogen and oxygen atoms in total. The molecule has 0 aliphatic rings. The van der Waals surface area contributed by atoms with E-state index in [1.54, 1.807) is 12.1 Å². The van der Waals surface area contributed by atoms with Crippen molar-refractivity contribution in [3.05, 3.63) is 55.4 Å². The van der Waals surface area contributed by atoms with Gasteiger partial charge >= 0.3 is 0 Å². The molecule has 1 amide bonds. The van der Waals surface area contributed by atoms with Crippen molar-refractivity contribution in [2.45, 2.75) is 13.0 Å². The molecule has 0 radical (unpaired) electrons. The zero-order valence-corrected chi connectivity index (χ0v) is 13.1. The molecule has 1 aromatic heterocycles. The minimum atomic E-state index is -0.459. The molecule has 1 atom stereocenters. The van der Waals surface area contributed by atoms with Crippen molar-refractivity contribution in [2.24, 2.45) is 0 Å². The molecule has 19 heavy (non-hydrogen) atoms. The van der Waals surface area contributed by atoms with Crippen LogP contribution in [0.15, 0.2) is 34.8 Å². The van der Waals surface area contributed by atoms with Crippen molar-refractivity contribution >= 4 is 44.8 Å². The number of hydrogen-bond donors (Lipinski definition) is 1. The Hall–Kier alpha value is -0.910. The van der Waals surface area contributed by atoms with E-state index in [4.69, 9.17) is 11.6 Å². The Bertz CT molecular complexity index is 616. The fraction of sp³-hybridized carbons (Fsp3) is 0.154. The van der Waals surface area contributed by atoms with Crippen LogP contribution in [0.5, 0.6) is 0 Å². The molecule has 0 fully saturated rings. The minimum absolute atomic E-state index is 0.170. The zero-order valence-electron chi connectivity index (χ0n) is 9.91. The van der Waals surface area contributed by atoms with Crippen LogP contribution in [0.3, 0.4) is 0 Å². The molecule has 1 aromatic carbocycles. The van der Waals surface area contributed by atoms with Gasteiger partial charge in [0, 0.05) is 4.88 Å². The molecule has 0 bridgehead atoms. The first-order valence-corrected chi connectivity index (χ1v) is 7.48. The Balaban J connectivity index is 2.15. The van der Waals surface area contributed by atoms with Gasteiger partial charge < -0.3 is 5.32 Å². The van der Waals surface area contributed by atoms with Gasteiger partial charge in [0.25, 0.3) is 5.91 Å². The standard InChI is InChI=1S/C13H10BrClFNOS/c1-7(10-5-6-11(15)19-10)17-13(18)8-3-2-4-9(16)12(8)14/h2-7H,1H3,(H,17,18). The number of rotatable bonds is 3. The van der Waals surface area contributed by atoms with E-state index >= 15 is 0 Å². The molecule has 0 saturated carbocycles. The molecule has 2 rings (SSSR count). The maximum atomic E-state index is 13.4. The molecule has 6 heteroatoms. The Morgan fingerprint density at radius 3 is 2.79 bits per heavy atom. The fourth-order valence-corrected chi connectivity index (χ4v) is 3.09. The van der Waals surface area contributed by atoms with E-state index in [1.807, 2.05) is 13.0 Å². The molecule has 2 aromatic rings. The molecule has 0 saturated heterocycles. The summed E-state index contributed by atoms with van der Waals surface area (Å²) in [6.45, 7) is 1.85. The van der Waals surface area contributed by atoms with Gasteiger partial charge in [0.1, 0.15) is 5.82 Å². The summed E-state index contributed by atoms with van der Waals surface area (Å²) in [5.41, 5.74) is 0.273. The van der Waals surface area contributed by atoms with Gasteiger partial charge in [-0.05, 0) is 47.1 Å². The lowest BCUT2D eigenvalue weighted by molar-refractivity contribution is 0.0939. The third-order valence-corrected chi connectivity index (χ3v) is 4.78. The van der Waals surface area contributed by atoms with Crippen LogP contribution >= 0.6 is 38.9 Å². The summed E-state index contributed by atoms with van der Waals surface area (Å²) in [5.74, 6) is -0.789. The molecule has 1 heterocycles. The summed E-state index contributed by atoms with van der Waals surface area (Å²) in [6.07, 6.45) is 0. The monoisotopic (exact) mass is 361 g/mol.